The number of halogens is 3. The van der Waals surface area contributed by atoms with Crippen LogP contribution in [0.15, 0.2) is 11.0 Å². The van der Waals surface area contributed by atoms with Crippen molar-refractivity contribution in [1.29, 1.82) is 0 Å². The van der Waals surface area contributed by atoms with Crippen molar-refractivity contribution in [2.45, 2.75) is 32.2 Å². The van der Waals surface area contributed by atoms with Crippen molar-refractivity contribution in [3.05, 3.63) is 33.9 Å². The minimum atomic E-state index is -1.79. The fraction of sp³-hybridized carbons (Fsp3) is 0.476. The number of nitrogens with zero attached hydrogens (tertiary/aromatic N) is 3. The molecule has 1 saturated carbocycles. The van der Waals surface area contributed by atoms with Crippen molar-refractivity contribution in [2.24, 2.45) is 0 Å². The third kappa shape index (κ3) is 4.04. The zero-order valence-corrected chi connectivity index (χ0v) is 17.4. The Balaban J connectivity index is 1.78. The van der Waals surface area contributed by atoms with E-state index < -0.39 is 51.4 Å². The Morgan fingerprint density at radius 3 is 2.31 bits per heavy atom. The van der Waals surface area contributed by atoms with Crippen LogP contribution < -0.4 is 15.1 Å². The predicted octanol–water partition coefficient (Wildman–Crippen LogP) is 2.91. The number of pyridine rings is 1. The van der Waals surface area contributed by atoms with Gasteiger partial charge in [0.05, 0.1) is 17.1 Å². The fourth-order valence-electron chi connectivity index (χ4n) is 4.05. The van der Waals surface area contributed by atoms with Gasteiger partial charge >= 0.3 is 6.16 Å². The Morgan fingerprint density at radius 2 is 1.75 bits per heavy atom. The predicted molar refractivity (Wildman–Crippen MR) is 109 cm³/mol. The first-order valence-corrected chi connectivity index (χ1v) is 10.3. The van der Waals surface area contributed by atoms with E-state index in [1.165, 1.54) is 16.4 Å². The lowest BCUT2D eigenvalue weighted by molar-refractivity contribution is -0.117. The molecule has 1 aliphatic carbocycles. The van der Waals surface area contributed by atoms with Crippen molar-refractivity contribution in [2.75, 3.05) is 37.6 Å². The smallest absolute Gasteiger partial charge is 0.449 e. The highest BCUT2D eigenvalue weighted by Gasteiger charge is 2.34. The van der Waals surface area contributed by atoms with E-state index in [1.54, 1.807) is 0 Å². The van der Waals surface area contributed by atoms with Gasteiger partial charge in [-0.3, -0.25) is 14.5 Å². The van der Waals surface area contributed by atoms with E-state index in [2.05, 4.69) is 4.74 Å². The van der Waals surface area contributed by atoms with Crippen LogP contribution in [0.25, 0.3) is 10.9 Å². The average Bonchev–Trinajstić information content (AvgIpc) is 3.57. The molecule has 1 aliphatic heterocycles. The summed E-state index contributed by atoms with van der Waals surface area (Å²) in [6, 6.07) is -0.273. The van der Waals surface area contributed by atoms with Gasteiger partial charge in [0.15, 0.2) is 23.2 Å². The molecule has 1 aromatic carbocycles. The van der Waals surface area contributed by atoms with Gasteiger partial charge < -0.3 is 19.3 Å². The summed E-state index contributed by atoms with van der Waals surface area (Å²) in [6.07, 6.45) is 0.867. The molecule has 2 aromatic rings. The Hall–Kier alpha value is -3.08. The molecule has 2 heterocycles. The number of hydrogen-bond donors (Lipinski definition) is 1. The van der Waals surface area contributed by atoms with Gasteiger partial charge in [0.1, 0.15) is 11.5 Å². The van der Waals surface area contributed by atoms with Crippen LogP contribution in [0.4, 0.5) is 23.7 Å². The van der Waals surface area contributed by atoms with Gasteiger partial charge in [-0.1, -0.05) is 0 Å². The molecular weight excluding hydrogens is 431 g/mol. The number of carbonyl (C=O) groups excluding carboxylic acids is 1. The minimum Gasteiger partial charge on any atom is -0.449 e. The van der Waals surface area contributed by atoms with Crippen molar-refractivity contribution in [3.63, 3.8) is 0 Å². The number of carboxylic acid groups (broad SMARTS) is 1. The molecule has 0 bridgehead atoms. The first-order chi connectivity index (χ1) is 15.2. The summed E-state index contributed by atoms with van der Waals surface area (Å²) in [4.78, 5) is 38.1. The number of aromatic nitrogens is 1. The highest BCUT2D eigenvalue weighted by Crippen LogP contribution is 2.41. The Kier molecular flexibility index (Phi) is 5.85. The molecule has 2 aliphatic rings. The lowest BCUT2D eigenvalue weighted by atomic mass is 10.1. The van der Waals surface area contributed by atoms with Gasteiger partial charge in [-0.05, 0) is 19.8 Å². The number of Topliss-reactive ketones (excluding diaryl/α,β-unsaturated/α-hetero) is 1. The molecule has 0 radical (unpaired) electrons. The van der Waals surface area contributed by atoms with Gasteiger partial charge in [0, 0.05) is 45.2 Å². The molecule has 0 amide bonds. The summed E-state index contributed by atoms with van der Waals surface area (Å²) >= 11 is 0. The molecule has 0 spiro atoms. The van der Waals surface area contributed by atoms with E-state index in [4.69, 9.17) is 5.11 Å². The molecule has 8 nitrogen and oxygen atoms in total. The Bertz CT molecular complexity index is 1150. The Morgan fingerprint density at radius 1 is 1.09 bits per heavy atom. The summed E-state index contributed by atoms with van der Waals surface area (Å²) in [7, 11) is 0. The van der Waals surface area contributed by atoms with Gasteiger partial charge in [0.2, 0.25) is 5.43 Å². The number of hydrogen-bond acceptors (Lipinski definition) is 6. The zero-order chi connectivity index (χ0) is 23.2. The second-order valence-electron chi connectivity index (χ2n) is 8.12. The Labute approximate surface area is 180 Å². The summed E-state index contributed by atoms with van der Waals surface area (Å²) in [5, 5.41) is 7.98. The van der Waals surface area contributed by atoms with Gasteiger partial charge in [-0.2, -0.15) is 0 Å². The standard InChI is InChI=1S/C21H22F3N3O5/c1-11(28)4-5-25-6-8-26(9-7-25)19-16(23)15(22)14-18(17(19)24)27(12-2-3-12)10-13(20(14)29)32-21(30)31/h10,12H,2-9H2,1H3,(H,30,31). The molecule has 0 atom stereocenters. The monoisotopic (exact) mass is 453 g/mol. The third-order valence-corrected chi connectivity index (χ3v) is 5.84. The quantitative estimate of drug-likeness (QED) is 0.531. The summed E-state index contributed by atoms with van der Waals surface area (Å²) in [5.41, 5.74) is -2.18. The number of ketones is 1. The molecular formula is C21H22F3N3O5. The number of rotatable bonds is 6. The zero-order valence-electron chi connectivity index (χ0n) is 17.4. The highest BCUT2D eigenvalue weighted by atomic mass is 19.2. The van der Waals surface area contributed by atoms with Crippen molar-refractivity contribution in [3.8, 4) is 5.75 Å². The summed E-state index contributed by atoms with van der Waals surface area (Å²) in [6.45, 7) is 3.33. The van der Waals surface area contributed by atoms with Crippen LogP contribution >= 0.6 is 0 Å². The van der Waals surface area contributed by atoms with Crippen LogP contribution in [0.5, 0.6) is 5.75 Å². The van der Waals surface area contributed by atoms with Crippen LogP contribution in [0, 0.1) is 17.5 Å². The molecule has 0 unspecified atom stereocenters. The maximum Gasteiger partial charge on any atom is 0.511 e. The number of ether oxygens (including phenoxy) is 1. The van der Waals surface area contributed by atoms with E-state index in [-0.39, 0.29) is 24.9 Å². The molecule has 1 N–H and O–H groups in total. The normalized spacial score (nSPS) is 17.1. The van der Waals surface area contributed by atoms with Gasteiger partial charge in [-0.15, -0.1) is 0 Å². The average molecular weight is 453 g/mol. The van der Waals surface area contributed by atoms with E-state index in [9.17, 15) is 14.4 Å². The second kappa shape index (κ2) is 8.45. The SMILES string of the molecule is CC(=O)CCN1CCN(c2c(F)c(F)c3c(=O)c(OC(=O)O)cn(C4CC4)c3c2F)CC1. The van der Waals surface area contributed by atoms with Gasteiger partial charge in [-0.25, -0.2) is 18.0 Å². The number of piperazine rings is 1. The molecule has 2 fully saturated rings. The molecule has 11 heteroatoms. The lowest BCUT2D eigenvalue weighted by Gasteiger charge is -2.36. The van der Waals surface area contributed by atoms with Crippen molar-refractivity contribution >= 4 is 28.5 Å². The highest BCUT2D eigenvalue weighted by molar-refractivity contribution is 5.86. The van der Waals surface area contributed by atoms with Crippen LogP contribution in [-0.4, -0.2) is 59.2 Å². The summed E-state index contributed by atoms with van der Waals surface area (Å²) in [5.74, 6) is -4.77. The first-order valence-electron chi connectivity index (χ1n) is 10.3. The topological polar surface area (TPSA) is 92.1 Å². The van der Waals surface area contributed by atoms with Crippen LogP contribution in [0.3, 0.4) is 0 Å². The van der Waals surface area contributed by atoms with E-state index in [0.717, 1.165) is 6.20 Å². The van der Waals surface area contributed by atoms with Crippen molar-refractivity contribution in [1.82, 2.24) is 9.47 Å². The third-order valence-electron chi connectivity index (χ3n) is 5.84. The maximum absolute atomic E-state index is 15.6. The summed E-state index contributed by atoms with van der Waals surface area (Å²) < 4.78 is 51.5. The largest absolute Gasteiger partial charge is 0.511 e. The van der Waals surface area contributed by atoms with Crippen LogP contribution in [0.1, 0.15) is 32.2 Å². The van der Waals surface area contributed by atoms with E-state index in [0.29, 0.717) is 38.9 Å². The van der Waals surface area contributed by atoms with Crippen LogP contribution in [-0.2, 0) is 4.79 Å². The molecule has 1 aromatic heterocycles. The minimum absolute atomic E-state index is 0.0467. The molecule has 4 rings (SSSR count). The van der Waals surface area contributed by atoms with Crippen molar-refractivity contribution < 1.29 is 32.6 Å². The number of carbonyl (C=O) groups is 2. The molecule has 1 saturated heterocycles. The number of benzene rings is 1. The molecule has 32 heavy (non-hydrogen) atoms. The van der Waals surface area contributed by atoms with Gasteiger partial charge in [0.25, 0.3) is 0 Å². The first kappa shape index (κ1) is 22.1. The van der Waals surface area contributed by atoms with E-state index >= 15 is 13.2 Å². The van der Waals surface area contributed by atoms with E-state index in [1.807, 2.05) is 4.90 Å². The fourth-order valence-corrected chi connectivity index (χ4v) is 4.05. The molecule has 172 valence electrons. The maximum atomic E-state index is 15.6. The number of anilines is 1. The van der Waals surface area contributed by atoms with Crippen LogP contribution in [0.2, 0.25) is 0 Å². The number of fused-ring (bicyclic) bond motifs is 1. The lowest BCUT2D eigenvalue weighted by Crippen LogP contribution is -2.47. The second-order valence-corrected chi connectivity index (χ2v) is 8.12.